The first-order valence-corrected chi connectivity index (χ1v) is 13.6. The first kappa shape index (κ1) is 24.6. The lowest BCUT2D eigenvalue weighted by Gasteiger charge is -2.25. The number of ether oxygens (including phenoxy) is 2. The van der Waals surface area contributed by atoms with E-state index in [9.17, 15) is 13.2 Å². The second-order valence-corrected chi connectivity index (χ2v) is 10.9. The standard InChI is InChI=1S/C24H29N3O5S2/c1-3-32-19-9-12-21-22(17-19)33-24(27(21)15-16-31-2)25-23(28)18-7-10-20(11-8-18)34(29,30)26-13-5-4-6-14-26/h7-12,17H,3-6,13-16H2,1-2H3. The van der Waals surface area contributed by atoms with Crippen LogP contribution in [0.3, 0.4) is 0 Å². The van der Waals surface area contributed by atoms with Crippen LogP contribution in [0, 0.1) is 0 Å². The second-order valence-electron chi connectivity index (χ2n) is 8.00. The number of amides is 1. The van der Waals surface area contributed by atoms with Gasteiger partial charge in [0.25, 0.3) is 5.91 Å². The number of nitrogens with zero attached hydrogens (tertiary/aromatic N) is 3. The van der Waals surface area contributed by atoms with E-state index < -0.39 is 15.9 Å². The zero-order chi connectivity index (χ0) is 24.1. The Balaban J connectivity index is 1.64. The Morgan fingerprint density at radius 3 is 2.50 bits per heavy atom. The van der Waals surface area contributed by atoms with Crippen LogP contribution in [-0.4, -0.2) is 56.6 Å². The number of fused-ring (bicyclic) bond motifs is 1. The maximum Gasteiger partial charge on any atom is 0.279 e. The predicted molar refractivity (Wildman–Crippen MR) is 132 cm³/mol. The van der Waals surface area contributed by atoms with E-state index in [1.54, 1.807) is 7.11 Å². The number of methoxy groups -OCH3 is 1. The summed E-state index contributed by atoms with van der Waals surface area (Å²) >= 11 is 1.40. The third kappa shape index (κ3) is 5.25. The average molecular weight is 504 g/mol. The molecule has 0 saturated carbocycles. The van der Waals surface area contributed by atoms with Gasteiger partial charge in [-0.15, -0.1) is 0 Å². The molecule has 182 valence electrons. The largest absolute Gasteiger partial charge is 0.494 e. The van der Waals surface area contributed by atoms with E-state index in [1.807, 2.05) is 29.7 Å². The highest BCUT2D eigenvalue weighted by atomic mass is 32.2. The highest BCUT2D eigenvalue weighted by Crippen LogP contribution is 2.24. The number of hydrogen-bond donors (Lipinski definition) is 0. The molecule has 4 rings (SSSR count). The van der Waals surface area contributed by atoms with Gasteiger partial charge in [0.1, 0.15) is 5.75 Å². The number of carbonyl (C=O) groups excluding carboxylic acids is 1. The minimum absolute atomic E-state index is 0.200. The fourth-order valence-electron chi connectivity index (χ4n) is 3.97. The number of hydrogen-bond acceptors (Lipinski definition) is 6. The molecule has 0 bridgehead atoms. The quantitative estimate of drug-likeness (QED) is 0.468. The summed E-state index contributed by atoms with van der Waals surface area (Å²) < 4.78 is 41.0. The molecule has 1 fully saturated rings. The van der Waals surface area contributed by atoms with Crippen LogP contribution < -0.4 is 9.54 Å². The summed E-state index contributed by atoms with van der Waals surface area (Å²) in [6, 6.07) is 11.8. The van der Waals surface area contributed by atoms with Crippen molar-refractivity contribution in [1.29, 1.82) is 0 Å². The molecule has 0 aliphatic carbocycles. The van der Waals surface area contributed by atoms with Crippen LogP contribution in [0.5, 0.6) is 5.75 Å². The first-order valence-electron chi connectivity index (χ1n) is 11.4. The predicted octanol–water partition coefficient (Wildman–Crippen LogP) is 3.66. The molecule has 1 aromatic heterocycles. The minimum Gasteiger partial charge on any atom is -0.494 e. The molecule has 2 heterocycles. The summed E-state index contributed by atoms with van der Waals surface area (Å²) in [6.45, 7) is 4.60. The van der Waals surface area contributed by atoms with Crippen molar-refractivity contribution in [3.05, 3.63) is 52.8 Å². The van der Waals surface area contributed by atoms with Gasteiger partial charge in [0, 0.05) is 32.3 Å². The van der Waals surface area contributed by atoms with Crippen LogP contribution in [-0.2, 0) is 21.3 Å². The maximum absolute atomic E-state index is 13.0. The van der Waals surface area contributed by atoms with Gasteiger partial charge in [0.15, 0.2) is 4.80 Å². The van der Waals surface area contributed by atoms with E-state index in [1.165, 1.54) is 39.9 Å². The highest BCUT2D eigenvalue weighted by molar-refractivity contribution is 7.89. The Morgan fingerprint density at radius 2 is 1.82 bits per heavy atom. The molecule has 8 nitrogen and oxygen atoms in total. The van der Waals surface area contributed by atoms with Gasteiger partial charge in [-0.05, 0) is 62.2 Å². The molecular weight excluding hydrogens is 474 g/mol. The SMILES string of the molecule is CCOc1ccc2c(c1)sc(=NC(=O)c1ccc(S(=O)(=O)N3CCCCC3)cc1)n2CCOC. The van der Waals surface area contributed by atoms with Gasteiger partial charge in [-0.3, -0.25) is 4.79 Å². The molecule has 0 unspecified atom stereocenters. The number of thiazole rings is 1. The summed E-state index contributed by atoms with van der Waals surface area (Å²) in [4.78, 5) is 18.1. The van der Waals surface area contributed by atoms with E-state index >= 15 is 0 Å². The lowest BCUT2D eigenvalue weighted by Crippen LogP contribution is -2.35. The van der Waals surface area contributed by atoms with Gasteiger partial charge in [0.05, 0.1) is 28.3 Å². The van der Waals surface area contributed by atoms with Crippen molar-refractivity contribution in [3.63, 3.8) is 0 Å². The molecule has 2 aromatic carbocycles. The Kier molecular flexibility index (Phi) is 7.82. The van der Waals surface area contributed by atoms with Crippen molar-refractivity contribution < 1.29 is 22.7 Å². The summed E-state index contributed by atoms with van der Waals surface area (Å²) in [7, 11) is -1.91. The molecule has 0 N–H and O–H groups in total. The van der Waals surface area contributed by atoms with Crippen molar-refractivity contribution in [2.75, 3.05) is 33.4 Å². The van der Waals surface area contributed by atoms with Crippen molar-refractivity contribution >= 4 is 37.5 Å². The maximum atomic E-state index is 13.0. The normalized spacial score (nSPS) is 15.6. The van der Waals surface area contributed by atoms with Crippen LogP contribution >= 0.6 is 11.3 Å². The van der Waals surface area contributed by atoms with E-state index in [4.69, 9.17) is 9.47 Å². The number of carbonyl (C=O) groups is 1. The number of rotatable bonds is 8. The minimum atomic E-state index is -3.54. The van der Waals surface area contributed by atoms with Gasteiger partial charge >= 0.3 is 0 Å². The lowest BCUT2D eigenvalue weighted by molar-refractivity contribution is 0.0997. The number of piperidine rings is 1. The van der Waals surface area contributed by atoms with Crippen LogP contribution in [0.2, 0.25) is 0 Å². The number of aromatic nitrogens is 1. The van der Waals surface area contributed by atoms with Gasteiger partial charge < -0.3 is 14.0 Å². The first-order chi connectivity index (χ1) is 16.4. The monoisotopic (exact) mass is 503 g/mol. The molecule has 1 saturated heterocycles. The molecule has 3 aromatic rings. The summed E-state index contributed by atoms with van der Waals surface area (Å²) in [5.74, 6) is 0.336. The Hall–Kier alpha value is -2.53. The molecule has 10 heteroatoms. The zero-order valence-electron chi connectivity index (χ0n) is 19.4. The number of sulfonamides is 1. The van der Waals surface area contributed by atoms with E-state index in [0.29, 0.717) is 43.2 Å². The van der Waals surface area contributed by atoms with Gasteiger partial charge in [-0.2, -0.15) is 9.30 Å². The molecule has 0 radical (unpaired) electrons. The van der Waals surface area contributed by atoms with Crippen molar-refractivity contribution in [3.8, 4) is 5.75 Å². The fourth-order valence-corrected chi connectivity index (χ4v) is 6.57. The zero-order valence-corrected chi connectivity index (χ0v) is 21.0. The van der Waals surface area contributed by atoms with Crippen LogP contribution in [0.4, 0.5) is 0 Å². The van der Waals surface area contributed by atoms with Crippen LogP contribution in [0.1, 0.15) is 36.5 Å². The third-order valence-electron chi connectivity index (χ3n) is 5.74. The smallest absolute Gasteiger partial charge is 0.279 e. The molecular formula is C24H29N3O5S2. The molecule has 1 amide bonds. The fraction of sp³-hybridized carbons (Fsp3) is 0.417. The summed E-state index contributed by atoms with van der Waals surface area (Å²) in [5.41, 5.74) is 1.28. The Labute approximate surface area is 203 Å². The Bertz CT molecular complexity index is 1320. The lowest BCUT2D eigenvalue weighted by atomic mass is 10.2. The van der Waals surface area contributed by atoms with E-state index in [2.05, 4.69) is 4.99 Å². The van der Waals surface area contributed by atoms with Crippen LogP contribution in [0.25, 0.3) is 10.2 Å². The van der Waals surface area contributed by atoms with E-state index in [0.717, 1.165) is 35.2 Å². The highest BCUT2D eigenvalue weighted by Gasteiger charge is 2.26. The number of benzene rings is 2. The van der Waals surface area contributed by atoms with Crippen LogP contribution in [0.15, 0.2) is 52.4 Å². The van der Waals surface area contributed by atoms with E-state index in [-0.39, 0.29) is 4.90 Å². The van der Waals surface area contributed by atoms with Crippen molar-refractivity contribution in [2.24, 2.45) is 4.99 Å². The molecule has 1 aliphatic rings. The molecule has 0 spiro atoms. The van der Waals surface area contributed by atoms with Gasteiger partial charge in [-0.25, -0.2) is 8.42 Å². The van der Waals surface area contributed by atoms with Crippen molar-refractivity contribution in [1.82, 2.24) is 8.87 Å². The van der Waals surface area contributed by atoms with Gasteiger partial charge in [-0.1, -0.05) is 17.8 Å². The molecule has 1 aliphatic heterocycles. The third-order valence-corrected chi connectivity index (χ3v) is 8.69. The summed E-state index contributed by atoms with van der Waals surface area (Å²) in [6.07, 6.45) is 2.80. The molecule has 0 atom stereocenters. The topological polar surface area (TPSA) is 90.2 Å². The second kappa shape index (κ2) is 10.8. The van der Waals surface area contributed by atoms with Gasteiger partial charge in [0.2, 0.25) is 10.0 Å². The molecule has 34 heavy (non-hydrogen) atoms. The average Bonchev–Trinajstić information content (AvgIpc) is 3.19. The van der Waals surface area contributed by atoms with Crippen molar-refractivity contribution in [2.45, 2.75) is 37.6 Å². The summed E-state index contributed by atoms with van der Waals surface area (Å²) in [5, 5.41) is 0. The Morgan fingerprint density at radius 1 is 1.09 bits per heavy atom.